The first-order valence-corrected chi connectivity index (χ1v) is 9.59. The molecule has 2 aromatic heterocycles. The highest BCUT2D eigenvalue weighted by Gasteiger charge is 2.13. The van der Waals surface area contributed by atoms with E-state index in [4.69, 9.17) is 6.42 Å². The number of benzene rings is 1. The molecule has 2 heterocycles. The molecule has 0 saturated carbocycles. The number of pyridine rings is 2. The Balaban J connectivity index is 2.09. The van der Waals surface area contributed by atoms with Gasteiger partial charge in [-0.2, -0.15) is 4.39 Å². The van der Waals surface area contributed by atoms with E-state index in [-0.39, 0.29) is 10.5 Å². The number of hydrogen-bond donors (Lipinski definition) is 0. The minimum Gasteiger partial charge on any atom is -0.256 e. The third-order valence-electron chi connectivity index (χ3n) is 3.90. The van der Waals surface area contributed by atoms with Crippen molar-refractivity contribution in [2.45, 2.75) is 11.8 Å². The number of terminal acetylenes is 1. The van der Waals surface area contributed by atoms with E-state index >= 15 is 0 Å². The molecule has 0 unspecified atom stereocenters. The van der Waals surface area contributed by atoms with Crippen molar-refractivity contribution < 1.29 is 12.8 Å². The van der Waals surface area contributed by atoms with E-state index in [0.717, 1.165) is 11.8 Å². The molecule has 3 rings (SSSR count). The van der Waals surface area contributed by atoms with E-state index in [0.29, 0.717) is 22.5 Å². The molecule has 0 radical (unpaired) electrons. The normalized spacial score (nSPS) is 11.2. The average molecular weight is 366 g/mol. The van der Waals surface area contributed by atoms with Crippen molar-refractivity contribution in [3.63, 3.8) is 0 Å². The third kappa shape index (κ3) is 3.48. The molecule has 0 atom stereocenters. The molecule has 3 aromatic rings. The van der Waals surface area contributed by atoms with Crippen LogP contribution in [-0.4, -0.2) is 24.6 Å². The lowest BCUT2D eigenvalue weighted by molar-refractivity contribution is 0.577. The van der Waals surface area contributed by atoms with Gasteiger partial charge in [-0.3, -0.25) is 4.98 Å². The Labute approximate surface area is 151 Å². The summed E-state index contributed by atoms with van der Waals surface area (Å²) < 4.78 is 37.2. The van der Waals surface area contributed by atoms with Crippen LogP contribution in [0.3, 0.4) is 0 Å². The topological polar surface area (TPSA) is 59.9 Å². The van der Waals surface area contributed by atoms with Gasteiger partial charge in [0.1, 0.15) is 0 Å². The summed E-state index contributed by atoms with van der Waals surface area (Å²) in [7, 11) is -3.26. The highest BCUT2D eigenvalue weighted by Crippen LogP contribution is 2.29. The maximum absolute atomic E-state index is 14.1. The van der Waals surface area contributed by atoms with Crippen LogP contribution >= 0.6 is 0 Å². The molecule has 0 aliphatic rings. The van der Waals surface area contributed by atoms with Crippen LogP contribution in [0.1, 0.15) is 11.3 Å². The minimum atomic E-state index is -3.26. The van der Waals surface area contributed by atoms with Gasteiger partial charge in [0, 0.05) is 29.3 Å². The molecule has 0 aliphatic heterocycles. The van der Waals surface area contributed by atoms with Crippen molar-refractivity contribution in [2.24, 2.45) is 0 Å². The number of hydrogen-bond acceptors (Lipinski definition) is 4. The molecule has 6 heteroatoms. The Morgan fingerprint density at radius 2 is 1.77 bits per heavy atom. The van der Waals surface area contributed by atoms with Gasteiger partial charge >= 0.3 is 0 Å². The van der Waals surface area contributed by atoms with Gasteiger partial charge in [-0.15, -0.1) is 6.42 Å². The fourth-order valence-electron chi connectivity index (χ4n) is 2.63. The summed E-state index contributed by atoms with van der Waals surface area (Å²) in [4.78, 5) is 8.31. The van der Waals surface area contributed by atoms with Crippen molar-refractivity contribution in [1.82, 2.24) is 9.97 Å². The summed E-state index contributed by atoms with van der Waals surface area (Å²) in [5.74, 6) is 1.67. The third-order valence-corrected chi connectivity index (χ3v) is 5.03. The van der Waals surface area contributed by atoms with Crippen molar-refractivity contribution in [1.29, 1.82) is 0 Å². The first-order valence-electron chi connectivity index (χ1n) is 7.70. The SMILES string of the molecule is C#Cc1c(-c2ccnc(-c3ccc(S(C)(=O)=O)cc3)c2)cc(C)nc1F. The predicted octanol–water partition coefficient (Wildman–Crippen LogP) is 3.64. The number of halogens is 1. The lowest BCUT2D eigenvalue weighted by atomic mass is 9.99. The van der Waals surface area contributed by atoms with Crippen LogP contribution in [0.15, 0.2) is 53.6 Å². The zero-order chi connectivity index (χ0) is 18.9. The quantitative estimate of drug-likeness (QED) is 0.524. The fraction of sp³-hybridized carbons (Fsp3) is 0.100. The number of sulfone groups is 1. The molecule has 0 fully saturated rings. The predicted molar refractivity (Wildman–Crippen MR) is 98.6 cm³/mol. The molecule has 1 aromatic carbocycles. The standard InChI is InChI=1S/C20H15FN2O2S/c1-4-17-18(11-13(2)23-20(17)21)15-9-10-22-19(12-15)14-5-7-16(8-6-14)26(3,24)25/h1,5-12H,2-3H3. The average Bonchev–Trinajstić information content (AvgIpc) is 2.60. The lowest BCUT2D eigenvalue weighted by Crippen LogP contribution is -1.97. The molecular formula is C20H15FN2O2S. The maximum atomic E-state index is 14.1. The molecule has 26 heavy (non-hydrogen) atoms. The summed E-state index contributed by atoms with van der Waals surface area (Å²) in [5.41, 5.74) is 3.26. The fourth-order valence-corrected chi connectivity index (χ4v) is 3.26. The van der Waals surface area contributed by atoms with Crippen molar-refractivity contribution in [3.8, 4) is 34.7 Å². The van der Waals surface area contributed by atoms with Gasteiger partial charge in [0.2, 0.25) is 5.95 Å². The van der Waals surface area contributed by atoms with Crippen LogP contribution in [0.25, 0.3) is 22.4 Å². The molecular weight excluding hydrogens is 351 g/mol. The van der Waals surface area contributed by atoms with Crippen LogP contribution in [0, 0.1) is 25.2 Å². The molecule has 0 saturated heterocycles. The summed E-state index contributed by atoms with van der Waals surface area (Å²) >= 11 is 0. The number of aromatic nitrogens is 2. The molecule has 0 N–H and O–H groups in total. The first-order chi connectivity index (χ1) is 12.3. The van der Waals surface area contributed by atoms with E-state index in [2.05, 4.69) is 15.9 Å². The van der Waals surface area contributed by atoms with E-state index < -0.39 is 15.8 Å². The van der Waals surface area contributed by atoms with Gasteiger partial charge in [0.25, 0.3) is 0 Å². The van der Waals surface area contributed by atoms with Crippen molar-refractivity contribution >= 4 is 9.84 Å². The van der Waals surface area contributed by atoms with E-state index in [1.807, 2.05) is 0 Å². The van der Waals surface area contributed by atoms with Crippen LogP contribution in [-0.2, 0) is 9.84 Å². The van der Waals surface area contributed by atoms with Crippen LogP contribution in [0.4, 0.5) is 4.39 Å². The largest absolute Gasteiger partial charge is 0.256 e. The van der Waals surface area contributed by atoms with Gasteiger partial charge in [0.05, 0.1) is 16.2 Å². The molecule has 4 nitrogen and oxygen atoms in total. The van der Waals surface area contributed by atoms with Gasteiger partial charge in [-0.05, 0) is 42.8 Å². The molecule has 0 spiro atoms. The van der Waals surface area contributed by atoms with Gasteiger partial charge in [-0.1, -0.05) is 18.1 Å². The molecule has 130 valence electrons. The molecule has 0 bridgehead atoms. The Morgan fingerprint density at radius 3 is 2.38 bits per heavy atom. The number of aryl methyl sites for hydroxylation is 1. The van der Waals surface area contributed by atoms with E-state index in [1.165, 1.54) is 12.1 Å². The Kier molecular flexibility index (Phi) is 4.58. The van der Waals surface area contributed by atoms with Crippen LogP contribution in [0.5, 0.6) is 0 Å². The van der Waals surface area contributed by atoms with Gasteiger partial charge < -0.3 is 0 Å². The Morgan fingerprint density at radius 1 is 1.08 bits per heavy atom. The lowest BCUT2D eigenvalue weighted by Gasteiger charge is -2.09. The minimum absolute atomic E-state index is 0.0974. The zero-order valence-corrected chi connectivity index (χ0v) is 15.0. The summed E-state index contributed by atoms with van der Waals surface area (Å²) in [6, 6.07) is 11.7. The monoisotopic (exact) mass is 366 g/mol. The van der Waals surface area contributed by atoms with E-state index in [9.17, 15) is 12.8 Å². The van der Waals surface area contributed by atoms with Crippen LogP contribution < -0.4 is 0 Å². The Hall–Kier alpha value is -3.04. The summed E-state index contributed by atoms with van der Waals surface area (Å²) in [5, 5.41) is 0. The molecule has 0 aliphatic carbocycles. The first kappa shape index (κ1) is 17.8. The van der Waals surface area contributed by atoms with Crippen molar-refractivity contribution in [2.75, 3.05) is 6.26 Å². The highest BCUT2D eigenvalue weighted by atomic mass is 32.2. The molecule has 0 amide bonds. The summed E-state index contributed by atoms with van der Waals surface area (Å²) in [6.45, 7) is 1.69. The second-order valence-electron chi connectivity index (χ2n) is 5.85. The summed E-state index contributed by atoms with van der Waals surface area (Å²) in [6.07, 6.45) is 8.20. The second kappa shape index (κ2) is 6.70. The van der Waals surface area contributed by atoms with Crippen LogP contribution in [0.2, 0.25) is 0 Å². The number of nitrogens with zero attached hydrogens (tertiary/aromatic N) is 2. The highest BCUT2D eigenvalue weighted by molar-refractivity contribution is 7.90. The second-order valence-corrected chi connectivity index (χ2v) is 7.86. The van der Waals surface area contributed by atoms with Gasteiger partial charge in [0.15, 0.2) is 9.84 Å². The number of rotatable bonds is 3. The van der Waals surface area contributed by atoms with Crippen molar-refractivity contribution in [3.05, 3.63) is 65.9 Å². The smallest absolute Gasteiger partial charge is 0.229 e. The zero-order valence-electron chi connectivity index (χ0n) is 14.2. The Bertz CT molecular complexity index is 1130. The van der Waals surface area contributed by atoms with E-state index in [1.54, 1.807) is 43.5 Å². The van der Waals surface area contributed by atoms with Gasteiger partial charge in [-0.25, -0.2) is 13.4 Å². The maximum Gasteiger partial charge on any atom is 0.229 e.